The van der Waals surface area contributed by atoms with Gasteiger partial charge in [-0.25, -0.2) is 0 Å². The van der Waals surface area contributed by atoms with Crippen molar-refractivity contribution in [3.63, 3.8) is 0 Å². The second kappa shape index (κ2) is 16.5. The van der Waals surface area contributed by atoms with Gasteiger partial charge in [0.25, 0.3) is 0 Å². The zero-order valence-corrected chi connectivity index (χ0v) is 36.8. The number of benzene rings is 7. The minimum Gasteiger partial charge on any atom is -0.338 e. The summed E-state index contributed by atoms with van der Waals surface area (Å²) in [6.07, 6.45) is 21.8. The third-order valence-electron chi connectivity index (χ3n) is 14.1. The highest BCUT2D eigenvalue weighted by Crippen LogP contribution is 2.49. The Morgan fingerprint density at radius 2 is 1.17 bits per heavy atom. The van der Waals surface area contributed by atoms with Crippen molar-refractivity contribution in [2.24, 2.45) is 5.92 Å². The SMILES string of the molecule is CC1CC=CCC1N(c1ccc(-c2ccc(N(C3=CCCC=C3)C3=CCC4C(=C3)c3ccccc3N4c3ccccc3)cc2)cc1)c1ccc2c(c1)c1ccccc1n2-c1ccccc1. The molecule has 3 unspecified atom stereocenters. The number of hydrogen-bond acceptors (Lipinski definition) is 3. The van der Waals surface area contributed by atoms with Crippen LogP contribution in [0, 0.1) is 5.92 Å². The fraction of sp³-hybridized carbons (Fsp3) is 0.148. The molecule has 0 radical (unpaired) electrons. The molecule has 2 heterocycles. The van der Waals surface area contributed by atoms with E-state index in [1.807, 2.05) is 0 Å². The van der Waals surface area contributed by atoms with E-state index in [1.165, 1.54) is 89.6 Å². The maximum absolute atomic E-state index is 2.61. The Kier molecular flexibility index (Phi) is 9.93. The molecule has 0 N–H and O–H groups in total. The van der Waals surface area contributed by atoms with Crippen LogP contribution in [0.1, 0.15) is 44.6 Å². The van der Waals surface area contributed by atoms with Crippen molar-refractivity contribution in [1.29, 1.82) is 0 Å². The van der Waals surface area contributed by atoms with Crippen molar-refractivity contribution in [2.75, 3.05) is 14.7 Å². The van der Waals surface area contributed by atoms with Crippen LogP contribution in [0.3, 0.4) is 0 Å². The number of rotatable bonds is 9. The lowest BCUT2D eigenvalue weighted by atomic mass is 9.88. The smallest absolute Gasteiger partial charge is 0.0634 e. The van der Waals surface area contributed by atoms with Gasteiger partial charge in [-0.05, 0) is 146 Å². The van der Waals surface area contributed by atoms with Gasteiger partial charge in [0, 0.05) is 67.9 Å². The average Bonchev–Trinajstić information content (AvgIpc) is 3.88. The lowest BCUT2D eigenvalue weighted by Gasteiger charge is -2.38. The second-order valence-corrected chi connectivity index (χ2v) is 18.0. The number of aromatic nitrogens is 1. The van der Waals surface area contributed by atoms with Crippen LogP contribution in [-0.2, 0) is 0 Å². The molecule has 0 amide bonds. The maximum Gasteiger partial charge on any atom is 0.0634 e. The highest BCUT2D eigenvalue weighted by molar-refractivity contribution is 6.10. The van der Waals surface area contributed by atoms with Crippen LogP contribution in [0.25, 0.3) is 44.2 Å². The first-order valence-corrected chi connectivity index (χ1v) is 23.4. The molecule has 0 saturated heterocycles. The van der Waals surface area contributed by atoms with Crippen LogP contribution in [0.2, 0.25) is 0 Å². The van der Waals surface area contributed by atoms with Gasteiger partial charge >= 0.3 is 0 Å². The molecule has 4 nitrogen and oxygen atoms in total. The van der Waals surface area contributed by atoms with Gasteiger partial charge in [-0.1, -0.05) is 134 Å². The molecule has 0 spiro atoms. The Bertz CT molecular complexity index is 3200. The monoisotopic (exact) mass is 840 g/mol. The first kappa shape index (κ1) is 39.1. The summed E-state index contributed by atoms with van der Waals surface area (Å²) in [5.41, 5.74) is 17.4. The lowest BCUT2D eigenvalue weighted by molar-refractivity contribution is 0.440. The van der Waals surface area contributed by atoms with Gasteiger partial charge < -0.3 is 19.3 Å². The maximum atomic E-state index is 2.61. The number of nitrogens with zero attached hydrogens (tertiary/aromatic N) is 4. The Hall–Kier alpha value is -7.56. The Morgan fingerprint density at radius 3 is 1.92 bits per heavy atom. The largest absolute Gasteiger partial charge is 0.338 e. The molecule has 0 bridgehead atoms. The van der Waals surface area contributed by atoms with Gasteiger partial charge in [0.2, 0.25) is 0 Å². The molecule has 12 rings (SSSR count). The third kappa shape index (κ3) is 6.92. The van der Waals surface area contributed by atoms with E-state index in [1.54, 1.807) is 0 Å². The van der Waals surface area contributed by atoms with Gasteiger partial charge in [-0.15, -0.1) is 0 Å². The fourth-order valence-electron chi connectivity index (χ4n) is 11.0. The van der Waals surface area contributed by atoms with Crippen molar-refractivity contribution in [3.05, 3.63) is 235 Å². The van der Waals surface area contributed by atoms with E-state index >= 15 is 0 Å². The van der Waals surface area contributed by atoms with Crippen LogP contribution < -0.4 is 14.7 Å². The summed E-state index contributed by atoms with van der Waals surface area (Å²) >= 11 is 0. The molecule has 8 aromatic rings. The predicted molar refractivity (Wildman–Crippen MR) is 275 cm³/mol. The van der Waals surface area contributed by atoms with Crippen molar-refractivity contribution in [1.82, 2.24) is 4.57 Å². The molecule has 1 aromatic heterocycles. The molecule has 4 aliphatic rings. The fourth-order valence-corrected chi connectivity index (χ4v) is 11.0. The van der Waals surface area contributed by atoms with Gasteiger partial charge in [-0.2, -0.15) is 0 Å². The molecule has 4 heteroatoms. The molecule has 7 aromatic carbocycles. The number of para-hydroxylation sites is 4. The van der Waals surface area contributed by atoms with Crippen molar-refractivity contribution < 1.29 is 0 Å². The lowest BCUT2D eigenvalue weighted by Crippen LogP contribution is -2.37. The van der Waals surface area contributed by atoms with Crippen LogP contribution in [0.5, 0.6) is 0 Å². The summed E-state index contributed by atoms with van der Waals surface area (Å²) in [6, 6.07) is 65.5. The van der Waals surface area contributed by atoms with Gasteiger partial charge in [0.1, 0.15) is 0 Å². The van der Waals surface area contributed by atoms with E-state index in [9.17, 15) is 0 Å². The van der Waals surface area contributed by atoms with Gasteiger partial charge in [0.15, 0.2) is 0 Å². The van der Waals surface area contributed by atoms with E-state index < -0.39 is 0 Å². The zero-order chi connectivity index (χ0) is 43.3. The van der Waals surface area contributed by atoms with E-state index in [-0.39, 0.29) is 6.04 Å². The Morgan fingerprint density at radius 1 is 0.508 bits per heavy atom. The van der Waals surface area contributed by atoms with Crippen LogP contribution >= 0.6 is 0 Å². The standard InChI is InChI=1S/C61H52N4/c1-43-17-11-14-26-57(43)63(52-38-40-61-56(42-52)54-25-13-16-28-59(54)65(61)48-22-9-4-10-23-48)50-35-31-45(32-36-50)44-29-33-49(34-30-44)62(46-18-5-2-6-19-46)51-37-39-60-55(41-51)53-24-12-15-27-58(53)64(60)47-20-7-3-8-21-47/h3-5,7-16,18-25,27-38,40-43,57,60H,2,6,17,26,39H2,1H3. The molecular weight excluding hydrogens is 789 g/mol. The van der Waals surface area contributed by atoms with Crippen LogP contribution in [0.4, 0.5) is 28.4 Å². The number of allylic oxidation sites excluding steroid dienone is 5. The summed E-state index contributed by atoms with van der Waals surface area (Å²) in [4.78, 5) is 7.59. The highest BCUT2D eigenvalue weighted by atomic mass is 15.2. The number of fused-ring (bicyclic) bond motifs is 6. The van der Waals surface area contributed by atoms with Gasteiger partial charge in [-0.3, -0.25) is 0 Å². The van der Waals surface area contributed by atoms with Crippen LogP contribution in [-0.4, -0.2) is 16.7 Å². The minimum absolute atomic E-state index is 0.264. The molecule has 1 aliphatic heterocycles. The normalized spacial score (nSPS) is 18.8. The average molecular weight is 841 g/mol. The number of hydrogen-bond donors (Lipinski definition) is 0. The summed E-state index contributed by atoms with van der Waals surface area (Å²) < 4.78 is 2.40. The quantitative estimate of drug-likeness (QED) is 0.135. The number of anilines is 5. The summed E-state index contributed by atoms with van der Waals surface area (Å²) in [7, 11) is 0. The van der Waals surface area contributed by atoms with E-state index in [4.69, 9.17) is 0 Å². The van der Waals surface area contributed by atoms with E-state index in [2.05, 4.69) is 245 Å². The summed E-state index contributed by atoms with van der Waals surface area (Å²) in [5.74, 6) is 0.512. The zero-order valence-electron chi connectivity index (χ0n) is 36.8. The minimum atomic E-state index is 0.264. The molecular formula is C61H52N4. The molecule has 0 fully saturated rings. The topological polar surface area (TPSA) is 14.7 Å². The van der Waals surface area contributed by atoms with Crippen molar-refractivity contribution in [2.45, 2.75) is 51.1 Å². The molecule has 3 atom stereocenters. The third-order valence-corrected chi connectivity index (χ3v) is 14.1. The molecule has 3 aliphatic carbocycles. The summed E-state index contributed by atoms with van der Waals surface area (Å²) in [5, 5.41) is 2.55. The Labute approximate surface area is 382 Å². The predicted octanol–water partition coefficient (Wildman–Crippen LogP) is 15.9. The molecule has 65 heavy (non-hydrogen) atoms. The molecule has 0 saturated carbocycles. The first-order chi connectivity index (χ1) is 32.2. The molecule has 316 valence electrons. The first-order valence-electron chi connectivity index (χ1n) is 23.4. The van der Waals surface area contributed by atoms with Crippen molar-refractivity contribution in [3.8, 4) is 16.8 Å². The van der Waals surface area contributed by atoms with Crippen LogP contribution in [0.15, 0.2) is 230 Å². The second-order valence-electron chi connectivity index (χ2n) is 18.0. The van der Waals surface area contributed by atoms with Crippen molar-refractivity contribution >= 4 is 55.8 Å². The van der Waals surface area contributed by atoms with E-state index in [0.29, 0.717) is 12.0 Å². The Balaban J connectivity index is 0.873. The van der Waals surface area contributed by atoms with Gasteiger partial charge in [0.05, 0.1) is 17.1 Å². The van der Waals surface area contributed by atoms with E-state index in [0.717, 1.165) is 32.1 Å². The summed E-state index contributed by atoms with van der Waals surface area (Å²) in [6.45, 7) is 2.41. The highest BCUT2D eigenvalue weighted by Gasteiger charge is 2.37.